The summed E-state index contributed by atoms with van der Waals surface area (Å²) in [5.41, 5.74) is 2.79. The molecule has 0 amide bonds. The van der Waals surface area contributed by atoms with Gasteiger partial charge in [-0.25, -0.2) is 0 Å². The first-order chi connectivity index (χ1) is 17.5. The van der Waals surface area contributed by atoms with Crippen LogP contribution in [0.4, 0.5) is 0 Å². The number of aliphatic imine (C=N–C) groups is 2. The predicted molar refractivity (Wildman–Crippen MR) is 165 cm³/mol. The first kappa shape index (κ1) is 31.0. The summed E-state index contributed by atoms with van der Waals surface area (Å²) in [7, 11) is -1.47. The van der Waals surface area contributed by atoms with Crippen LogP contribution in [0.3, 0.4) is 0 Å². The van der Waals surface area contributed by atoms with E-state index in [1.807, 2.05) is 0 Å². The third-order valence-electron chi connectivity index (χ3n) is 9.38. The lowest BCUT2D eigenvalue weighted by Crippen LogP contribution is -2.50. The average molecular weight is 532 g/mol. The van der Waals surface area contributed by atoms with E-state index in [1.54, 1.807) is 0 Å². The number of rotatable bonds is 11. The van der Waals surface area contributed by atoms with Gasteiger partial charge >= 0.3 is 0 Å². The molecule has 1 heterocycles. The number of nitrogens with zero attached hydrogens (tertiary/aromatic N) is 2. The molecule has 3 rings (SSSR count). The van der Waals surface area contributed by atoms with Crippen LogP contribution in [0.2, 0.25) is 19.6 Å². The molecular formula is C32H61N3OSi. The topological polar surface area (TPSA) is 46.0 Å². The maximum Gasteiger partial charge on any atom is 0.183 e. The summed E-state index contributed by atoms with van der Waals surface area (Å²) in [5, 5.41) is 4.08. The van der Waals surface area contributed by atoms with Crippen molar-refractivity contribution in [2.45, 2.75) is 162 Å². The molecule has 1 aliphatic heterocycles. The molecular weight excluding hydrogens is 470 g/mol. The van der Waals surface area contributed by atoms with Gasteiger partial charge < -0.3 is 9.74 Å². The third kappa shape index (κ3) is 9.87. The van der Waals surface area contributed by atoms with Gasteiger partial charge in [0.15, 0.2) is 8.32 Å². The molecule has 2 aliphatic carbocycles. The smallest absolute Gasteiger partial charge is 0.183 e. The van der Waals surface area contributed by atoms with Crippen LogP contribution < -0.4 is 5.32 Å². The molecule has 0 aromatic heterocycles. The molecule has 3 aliphatic rings. The lowest BCUT2D eigenvalue weighted by molar-refractivity contribution is 0.239. The van der Waals surface area contributed by atoms with Crippen LogP contribution in [0.25, 0.3) is 0 Å². The van der Waals surface area contributed by atoms with Crippen LogP contribution >= 0.6 is 0 Å². The quantitative estimate of drug-likeness (QED) is 0.165. The molecule has 5 heteroatoms. The van der Waals surface area contributed by atoms with Crippen LogP contribution in [-0.4, -0.2) is 50.5 Å². The number of hydrogen-bond donors (Lipinski definition) is 1. The van der Waals surface area contributed by atoms with Crippen LogP contribution in [0, 0.1) is 23.7 Å². The van der Waals surface area contributed by atoms with E-state index >= 15 is 0 Å². The molecule has 6 atom stereocenters. The van der Waals surface area contributed by atoms with E-state index in [4.69, 9.17) is 14.4 Å². The molecule has 214 valence electrons. The Hall–Kier alpha value is -0.523. The van der Waals surface area contributed by atoms with E-state index < -0.39 is 8.32 Å². The van der Waals surface area contributed by atoms with Gasteiger partial charge in [-0.05, 0) is 108 Å². The van der Waals surface area contributed by atoms with E-state index in [0.29, 0.717) is 24.2 Å². The van der Waals surface area contributed by atoms with E-state index in [-0.39, 0.29) is 0 Å². The molecule has 4 nitrogen and oxygen atoms in total. The fraction of sp³-hybridized carbons (Fsp3) is 0.938. The van der Waals surface area contributed by atoms with Crippen LogP contribution in [0.5, 0.6) is 0 Å². The molecule has 6 unspecified atom stereocenters. The predicted octanol–water partition coefficient (Wildman–Crippen LogP) is 8.46. The van der Waals surface area contributed by atoms with Crippen molar-refractivity contribution in [2.24, 2.45) is 33.7 Å². The Kier molecular flexibility index (Phi) is 12.4. The van der Waals surface area contributed by atoms with E-state index in [0.717, 1.165) is 43.1 Å². The van der Waals surface area contributed by atoms with Crippen molar-refractivity contribution in [3.63, 3.8) is 0 Å². The van der Waals surface area contributed by atoms with Crippen molar-refractivity contribution in [3.05, 3.63) is 0 Å². The monoisotopic (exact) mass is 531 g/mol. The number of piperidine rings is 1. The van der Waals surface area contributed by atoms with Gasteiger partial charge in [0.25, 0.3) is 0 Å². The van der Waals surface area contributed by atoms with E-state index in [9.17, 15) is 0 Å². The van der Waals surface area contributed by atoms with Crippen molar-refractivity contribution < 1.29 is 4.43 Å². The van der Waals surface area contributed by atoms with Crippen molar-refractivity contribution in [1.82, 2.24) is 5.32 Å². The SMILES string of the molecule is CC(=NC1CCCCC1C(C)C)C1CCCC(C(CCCO[Si](C)(C)C)=NC2CCCCC2C(C)C)N1. The highest BCUT2D eigenvalue weighted by molar-refractivity contribution is 6.69. The van der Waals surface area contributed by atoms with Crippen LogP contribution in [0.15, 0.2) is 9.98 Å². The zero-order chi connectivity index (χ0) is 27.0. The minimum Gasteiger partial charge on any atom is -0.418 e. The fourth-order valence-electron chi connectivity index (χ4n) is 7.21. The van der Waals surface area contributed by atoms with Crippen LogP contribution in [0.1, 0.15) is 118 Å². The summed E-state index contributed by atoms with van der Waals surface area (Å²) in [6.45, 7) is 19.7. The molecule has 1 saturated heterocycles. The lowest BCUT2D eigenvalue weighted by atomic mass is 9.77. The minimum absolute atomic E-state index is 0.401. The number of hydrogen-bond acceptors (Lipinski definition) is 4. The zero-order valence-electron chi connectivity index (χ0n) is 25.8. The largest absolute Gasteiger partial charge is 0.418 e. The second kappa shape index (κ2) is 14.7. The standard InChI is InChI=1S/C32H61N3OSi/c1-23(2)26-15-9-11-17-29(26)33-25(5)28-19-13-20-31(34-28)32(21-14-22-36-37(6,7)8)35-30-18-12-10-16-27(30)24(3)4/h23-24,26-31,34H,9-22H2,1-8H3. The summed E-state index contributed by atoms with van der Waals surface area (Å²) in [4.78, 5) is 11.0. The van der Waals surface area contributed by atoms with Gasteiger partial charge in [-0.3, -0.25) is 9.98 Å². The molecule has 1 N–H and O–H groups in total. The first-order valence-corrected chi connectivity index (χ1v) is 19.5. The minimum atomic E-state index is -1.47. The highest BCUT2D eigenvalue weighted by Crippen LogP contribution is 2.34. The normalized spacial score (nSPS) is 32.8. The average Bonchev–Trinajstić information content (AvgIpc) is 2.85. The number of nitrogens with one attached hydrogen (secondary N) is 1. The second-order valence-corrected chi connectivity index (χ2v) is 18.7. The highest BCUT2D eigenvalue weighted by atomic mass is 28.4. The molecule has 0 spiro atoms. The molecule has 37 heavy (non-hydrogen) atoms. The van der Waals surface area contributed by atoms with Gasteiger partial charge in [-0.1, -0.05) is 53.4 Å². The molecule has 3 fully saturated rings. The van der Waals surface area contributed by atoms with E-state index in [2.05, 4.69) is 59.6 Å². The van der Waals surface area contributed by atoms with Gasteiger partial charge in [0.1, 0.15) is 0 Å². The van der Waals surface area contributed by atoms with Crippen molar-refractivity contribution in [3.8, 4) is 0 Å². The van der Waals surface area contributed by atoms with Gasteiger partial charge in [0, 0.05) is 30.1 Å². The van der Waals surface area contributed by atoms with Gasteiger partial charge in [0.2, 0.25) is 0 Å². The van der Waals surface area contributed by atoms with Gasteiger partial charge in [-0.15, -0.1) is 0 Å². The summed E-state index contributed by atoms with van der Waals surface area (Å²) in [5.74, 6) is 2.95. The van der Waals surface area contributed by atoms with Crippen molar-refractivity contribution >= 4 is 19.7 Å². The molecule has 0 aromatic carbocycles. The lowest BCUT2D eigenvalue weighted by Gasteiger charge is -2.37. The fourth-order valence-corrected chi connectivity index (χ4v) is 7.97. The van der Waals surface area contributed by atoms with Gasteiger partial charge in [0.05, 0.1) is 12.1 Å². The molecule has 0 bridgehead atoms. The van der Waals surface area contributed by atoms with Crippen molar-refractivity contribution in [1.29, 1.82) is 0 Å². The summed E-state index contributed by atoms with van der Waals surface area (Å²) >= 11 is 0. The van der Waals surface area contributed by atoms with Gasteiger partial charge in [-0.2, -0.15) is 0 Å². The summed E-state index contributed by atoms with van der Waals surface area (Å²) in [6.07, 6.45) is 16.6. The zero-order valence-corrected chi connectivity index (χ0v) is 26.8. The Morgan fingerprint density at radius 2 is 1.30 bits per heavy atom. The third-order valence-corrected chi connectivity index (χ3v) is 10.5. The van der Waals surface area contributed by atoms with Crippen LogP contribution in [-0.2, 0) is 4.43 Å². The second-order valence-electron chi connectivity index (χ2n) is 14.2. The van der Waals surface area contributed by atoms with E-state index in [1.165, 1.54) is 82.1 Å². The Bertz CT molecular complexity index is 741. The maximum atomic E-state index is 6.23. The van der Waals surface area contributed by atoms with Crippen molar-refractivity contribution in [2.75, 3.05) is 6.61 Å². The Balaban J connectivity index is 1.74. The molecule has 2 saturated carbocycles. The maximum absolute atomic E-state index is 6.23. The first-order valence-electron chi connectivity index (χ1n) is 16.1. The Labute approximate surface area is 231 Å². The summed E-state index contributed by atoms with van der Waals surface area (Å²) in [6, 6.07) is 1.84. The Morgan fingerprint density at radius 3 is 1.86 bits per heavy atom. The Morgan fingerprint density at radius 1 is 0.757 bits per heavy atom. The molecule has 0 aromatic rings. The summed E-state index contributed by atoms with van der Waals surface area (Å²) < 4.78 is 6.23. The highest BCUT2D eigenvalue weighted by Gasteiger charge is 2.32. The molecule has 0 radical (unpaired) electrons.